The van der Waals surface area contributed by atoms with Crippen LogP contribution in [0.15, 0.2) is 12.7 Å². The second kappa shape index (κ2) is 5.81. The Balaban J connectivity index is 3.65. The highest BCUT2D eigenvalue weighted by Crippen LogP contribution is 1.84. The fourth-order valence-corrected chi connectivity index (χ4v) is 0.568. The second-order valence-corrected chi connectivity index (χ2v) is 1.77. The van der Waals surface area contributed by atoms with Crippen molar-refractivity contribution in [3.63, 3.8) is 0 Å². The van der Waals surface area contributed by atoms with Gasteiger partial charge in [-0.25, -0.2) is 0 Å². The third kappa shape index (κ3) is 3.65. The lowest BCUT2D eigenvalue weighted by molar-refractivity contribution is 0.381. The normalized spacial score (nSPS) is 8.30. The third-order valence-electron chi connectivity index (χ3n) is 0.976. The predicted octanol–water partition coefficient (Wildman–Crippen LogP) is 0.522. The van der Waals surface area contributed by atoms with Crippen molar-refractivity contribution in [2.45, 2.75) is 0 Å². The molecule has 0 fully saturated rings. The fourth-order valence-electron chi connectivity index (χ4n) is 0.568. The zero-order valence-corrected chi connectivity index (χ0v) is 5.75. The molecule has 3 nitrogen and oxygen atoms in total. The summed E-state index contributed by atoms with van der Waals surface area (Å²) < 4.78 is 0. The molecule has 0 aromatic rings. The molecule has 0 aromatic heterocycles. The van der Waals surface area contributed by atoms with Gasteiger partial charge < -0.3 is 0 Å². The Bertz CT molecular complexity index is 156. The van der Waals surface area contributed by atoms with Gasteiger partial charge in [-0.05, 0) is 0 Å². The van der Waals surface area contributed by atoms with Gasteiger partial charge in [-0.1, -0.05) is 6.08 Å². The van der Waals surface area contributed by atoms with E-state index in [1.807, 2.05) is 12.1 Å². The van der Waals surface area contributed by atoms with Gasteiger partial charge >= 0.3 is 0 Å². The maximum atomic E-state index is 8.25. The molecule has 0 spiro atoms. The van der Waals surface area contributed by atoms with E-state index < -0.39 is 0 Å². The van der Waals surface area contributed by atoms with Gasteiger partial charge in [-0.3, -0.25) is 4.90 Å². The van der Waals surface area contributed by atoms with Crippen molar-refractivity contribution < 1.29 is 0 Å². The van der Waals surface area contributed by atoms with Crippen molar-refractivity contribution >= 4 is 0 Å². The molecule has 10 heavy (non-hydrogen) atoms. The Labute approximate surface area is 60.8 Å². The molecule has 0 rings (SSSR count). The van der Waals surface area contributed by atoms with Crippen LogP contribution in [0.2, 0.25) is 0 Å². The molecule has 3 heteroatoms. The van der Waals surface area contributed by atoms with Crippen molar-refractivity contribution in [2.24, 2.45) is 0 Å². The van der Waals surface area contributed by atoms with Gasteiger partial charge in [-0.15, -0.1) is 6.58 Å². The zero-order chi connectivity index (χ0) is 7.82. The first-order chi connectivity index (χ1) is 4.85. The minimum Gasteiger partial charge on any atom is -0.274 e. The summed E-state index contributed by atoms with van der Waals surface area (Å²) in [7, 11) is 0. The van der Waals surface area contributed by atoms with E-state index in [4.69, 9.17) is 10.5 Å². The summed E-state index contributed by atoms with van der Waals surface area (Å²) in [6, 6.07) is 3.93. The summed E-state index contributed by atoms with van der Waals surface area (Å²) in [5, 5.41) is 16.5. The third-order valence-corrected chi connectivity index (χ3v) is 0.976. The van der Waals surface area contributed by atoms with E-state index in [-0.39, 0.29) is 0 Å². The first-order valence-electron chi connectivity index (χ1n) is 2.92. The van der Waals surface area contributed by atoms with E-state index in [0.29, 0.717) is 19.6 Å². The Hall–Kier alpha value is -1.32. The van der Waals surface area contributed by atoms with Crippen LogP contribution in [0.5, 0.6) is 0 Å². The number of nitriles is 2. The van der Waals surface area contributed by atoms with E-state index in [2.05, 4.69) is 6.58 Å². The summed E-state index contributed by atoms with van der Waals surface area (Å²) in [6.07, 6.45) is 1.68. The molecule has 0 saturated heterocycles. The summed E-state index contributed by atoms with van der Waals surface area (Å²) in [5.74, 6) is 0. The molecule has 52 valence electrons. The van der Waals surface area contributed by atoms with Crippen LogP contribution in [0.25, 0.3) is 0 Å². The highest BCUT2D eigenvalue weighted by Gasteiger charge is 1.97. The summed E-state index contributed by atoms with van der Waals surface area (Å²) >= 11 is 0. The molecule has 0 aliphatic carbocycles. The fraction of sp³-hybridized carbons (Fsp3) is 0.429. The Morgan fingerprint density at radius 1 is 1.30 bits per heavy atom. The van der Waals surface area contributed by atoms with Gasteiger partial charge in [0.25, 0.3) is 0 Å². The van der Waals surface area contributed by atoms with Crippen LogP contribution >= 0.6 is 0 Å². The zero-order valence-electron chi connectivity index (χ0n) is 5.75. The molecule has 0 aromatic carbocycles. The molecule has 0 bridgehead atoms. The van der Waals surface area contributed by atoms with E-state index in [9.17, 15) is 0 Å². The topological polar surface area (TPSA) is 50.8 Å². The molecule has 0 aliphatic heterocycles. The molecule has 0 N–H and O–H groups in total. The lowest BCUT2D eigenvalue weighted by Crippen LogP contribution is -2.24. The molecule has 0 saturated carbocycles. The quantitative estimate of drug-likeness (QED) is 0.417. The first-order valence-corrected chi connectivity index (χ1v) is 2.92. The van der Waals surface area contributed by atoms with Gasteiger partial charge in [0, 0.05) is 6.54 Å². The van der Waals surface area contributed by atoms with Crippen LogP contribution in [0.1, 0.15) is 0 Å². The average molecular weight is 135 g/mol. The lowest BCUT2D eigenvalue weighted by Gasteiger charge is -2.10. The Morgan fingerprint density at radius 3 is 2.10 bits per heavy atom. The van der Waals surface area contributed by atoms with E-state index in [1.54, 1.807) is 11.0 Å². The molecule has 0 aliphatic rings. The van der Waals surface area contributed by atoms with E-state index in [0.717, 1.165) is 0 Å². The van der Waals surface area contributed by atoms with Crippen LogP contribution in [0.4, 0.5) is 0 Å². The van der Waals surface area contributed by atoms with E-state index >= 15 is 0 Å². The SMILES string of the molecule is C=CCN(CC#N)CC#N. The summed E-state index contributed by atoms with van der Waals surface area (Å²) in [6.45, 7) is 4.69. The highest BCUT2D eigenvalue weighted by molar-refractivity contribution is 4.87. The lowest BCUT2D eigenvalue weighted by atomic mass is 10.4. The largest absolute Gasteiger partial charge is 0.274 e. The second-order valence-electron chi connectivity index (χ2n) is 1.77. The minimum absolute atomic E-state index is 0.291. The van der Waals surface area contributed by atoms with Crippen LogP contribution in [-0.2, 0) is 0 Å². The van der Waals surface area contributed by atoms with Crippen LogP contribution in [0.3, 0.4) is 0 Å². The van der Waals surface area contributed by atoms with Gasteiger partial charge in [0.15, 0.2) is 0 Å². The maximum Gasteiger partial charge on any atom is 0.0876 e. The highest BCUT2D eigenvalue weighted by atomic mass is 15.1. The van der Waals surface area contributed by atoms with Crippen molar-refractivity contribution in [3.05, 3.63) is 12.7 Å². The van der Waals surface area contributed by atoms with Gasteiger partial charge in [0.2, 0.25) is 0 Å². The maximum absolute atomic E-state index is 8.25. The van der Waals surface area contributed by atoms with Crippen molar-refractivity contribution in [1.29, 1.82) is 10.5 Å². The standard InChI is InChI=1S/C7H9N3/c1-2-5-10(6-3-8)7-4-9/h2H,1,5-7H2. The van der Waals surface area contributed by atoms with Crippen molar-refractivity contribution in [2.75, 3.05) is 19.6 Å². The van der Waals surface area contributed by atoms with Crippen molar-refractivity contribution in [1.82, 2.24) is 4.90 Å². The average Bonchev–Trinajstić information content (AvgIpc) is 1.90. The number of hydrogen-bond acceptors (Lipinski definition) is 3. The predicted molar refractivity (Wildman–Crippen MR) is 37.9 cm³/mol. The molecule has 0 unspecified atom stereocenters. The van der Waals surface area contributed by atoms with Crippen LogP contribution in [0, 0.1) is 22.7 Å². The van der Waals surface area contributed by atoms with Crippen molar-refractivity contribution in [3.8, 4) is 12.1 Å². The number of rotatable bonds is 4. The van der Waals surface area contributed by atoms with Crippen LogP contribution in [-0.4, -0.2) is 24.5 Å². The molecule has 0 radical (unpaired) electrons. The van der Waals surface area contributed by atoms with Gasteiger partial charge in [0.1, 0.15) is 0 Å². The smallest absolute Gasteiger partial charge is 0.0876 e. The Kier molecular flexibility index (Phi) is 5.04. The summed E-state index contributed by atoms with van der Waals surface area (Å²) in [5.41, 5.74) is 0. The first kappa shape index (κ1) is 8.68. The minimum atomic E-state index is 0.291. The molecular formula is C7H9N3. The molecule has 0 heterocycles. The Morgan fingerprint density at radius 2 is 1.80 bits per heavy atom. The number of nitrogens with zero attached hydrogens (tertiary/aromatic N) is 3. The van der Waals surface area contributed by atoms with Crippen LogP contribution < -0.4 is 0 Å². The van der Waals surface area contributed by atoms with E-state index in [1.165, 1.54) is 0 Å². The molecule has 0 amide bonds. The monoisotopic (exact) mass is 135 g/mol. The summed E-state index contributed by atoms with van der Waals surface area (Å²) in [4.78, 5) is 1.70. The molecular weight excluding hydrogens is 126 g/mol. The van der Waals surface area contributed by atoms with Gasteiger partial charge in [0.05, 0.1) is 25.2 Å². The number of hydrogen-bond donors (Lipinski definition) is 0. The van der Waals surface area contributed by atoms with Gasteiger partial charge in [-0.2, -0.15) is 10.5 Å². The molecule has 0 atom stereocenters.